The van der Waals surface area contributed by atoms with Crippen LogP contribution < -0.4 is 5.32 Å². The Morgan fingerprint density at radius 3 is 2.89 bits per heavy atom. The molecule has 0 fully saturated rings. The normalized spacial score (nSPS) is 11.2. The topological polar surface area (TPSA) is 42.7 Å². The van der Waals surface area contributed by atoms with Crippen LogP contribution in [0.4, 0.5) is 0 Å². The smallest absolute Gasteiger partial charge is 0.141 e. The van der Waals surface area contributed by atoms with Crippen molar-refractivity contribution < 1.29 is 0 Å². The average Bonchev–Trinajstić information content (AvgIpc) is 2.77. The number of hydrogen-bond donors (Lipinski definition) is 1. The van der Waals surface area contributed by atoms with Crippen molar-refractivity contribution in [3.8, 4) is 0 Å². The third-order valence-corrected chi connectivity index (χ3v) is 3.54. The fourth-order valence-corrected chi connectivity index (χ4v) is 2.40. The van der Waals surface area contributed by atoms with Gasteiger partial charge in [-0.2, -0.15) is 5.10 Å². The second-order valence-corrected chi connectivity index (χ2v) is 5.93. The minimum Gasteiger partial charge on any atom is -0.308 e. The molecule has 1 aromatic heterocycles. The van der Waals surface area contributed by atoms with Crippen LogP contribution in [0.15, 0.2) is 29.0 Å². The molecule has 0 aliphatic heterocycles. The van der Waals surface area contributed by atoms with E-state index in [1.165, 1.54) is 0 Å². The van der Waals surface area contributed by atoms with Crippen LogP contribution in [0, 0.1) is 0 Å². The highest BCUT2D eigenvalue weighted by molar-refractivity contribution is 9.10. The Kier molecular flexibility index (Phi) is 4.96. The molecule has 2 aromatic rings. The molecular formula is C13H16BrClN4. The van der Waals surface area contributed by atoms with Crippen molar-refractivity contribution in [1.82, 2.24) is 20.1 Å². The lowest BCUT2D eigenvalue weighted by molar-refractivity contribution is 0.539. The zero-order chi connectivity index (χ0) is 13.8. The van der Waals surface area contributed by atoms with Crippen LogP contribution in [-0.4, -0.2) is 20.8 Å². The Morgan fingerprint density at radius 1 is 1.42 bits per heavy atom. The van der Waals surface area contributed by atoms with Crippen LogP contribution >= 0.6 is 27.5 Å². The summed E-state index contributed by atoms with van der Waals surface area (Å²) in [6.45, 7) is 5.53. The molecule has 0 aliphatic carbocycles. The molecule has 0 amide bonds. The van der Waals surface area contributed by atoms with E-state index in [4.69, 9.17) is 11.6 Å². The van der Waals surface area contributed by atoms with Gasteiger partial charge in [-0.05, 0) is 17.7 Å². The molecule has 1 aromatic carbocycles. The molecule has 0 atom stereocenters. The fourth-order valence-electron chi connectivity index (χ4n) is 1.66. The average molecular weight is 344 g/mol. The van der Waals surface area contributed by atoms with E-state index >= 15 is 0 Å². The minimum absolute atomic E-state index is 0.418. The second-order valence-electron chi connectivity index (χ2n) is 4.61. The van der Waals surface area contributed by atoms with Crippen LogP contribution in [0.5, 0.6) is 0 Å². The summed E-state index contributed by atoms with van der Waals surface area (Å²) in [7, 11) is 0. The van der Waals surface area contributed by atoms with Gasteiger partial charge in [0.2, 0.25) is 0 Å². The molecule has 19 heavy (non-hydrogen) atoms. The summed E-state index contributed by atoms with van der Waals surface area (Å²) in [5, 5.41) is 8.31. The van der Waals surface area contributed by atoms with Crippen LogP contribution in [-0.2, 0) is 13.1 Å². The minimum atomic E-state index is 0.418. The van der Waals surface area contributed by atoms with Gasteiger partial charge in [0.05, 0.1) is 13.1 Å². The van der Waals surface area contributed by atoms with E-state index in [0.29, 0.717) is 19.1 Å². The lowest BCUT2D eigenvalue weighted by atomic mass is 10.2. The molecular weight excluding hydrogens is 328 g/mol. The third kappa shape index (κ3) is 4.03. The molecule has 1 N–H and O–H groups in total. The van der Waals surface area contributed by atoms with Gasteiger partial charge < -0.3 is 5.32 Å². The summed E-state index contributed by atoms with van der Waals surface area (Å²) in [5.74, 6) is 0.910. The molecule has 4 nitrogen and oxygen atoms in total. The Balaban J connectivity index is 2.12. The lowest BCUT2D eigenvalue weighted by Crippen LogP contribution is -2.24. The highest BCUT2D eigenvalue weighted by Gasteiger charge is 2.08. The molecule has 0 saturated carbocycles. The Morgan fingerprint density at radius 2 is 2.21 bits per heavy atom. The summed E-state index contributed by atoms with van der Waals surface area (Å²) < 4.78 is 2.84. The van der Waals surface area contributed by atoms with E-state index in [9.17, 15) is 0 Å². The van der Waals surface area contributed by atoms with Crippen LogP contribution in [0.3, 0.4) is 0 Å². The highest BCUT2D eigenvalue weighted by atomic mass is 79.9. The van der Waals surface area contributed by atoms with E-state index in [1.807, 2.05) is 22.9 Å². The first-order valence-electron chi connectivity index (χ1n) is 6.10. The standard InChI is InChI=1S/C13H16BrClN4/c1-9(2)16-6-13-17-8-18-19(13)7-10-3-4-11(14)5-12(10)15/h3-5,8-9,16H,6-7H2,1-2H3. The molecule has 0 bridgehead atoms. The number of nitrogens with one attached hydrogen (secondary N) is 1. The maximum Gasteiger partial charge on any atom is 0.141 e. The summed E-state index contributed by atoms with van der Waals surface area (Å²) in [5.41, 5.74) is 1.03. The van der Waals surface area contributed by atoms with E-state index in [1.54, 1.807) is 6.33 Å². The van der Waals surface area contributed by atoms with E-state index in [-0.39, 0.29) is 0 Å². The van der Waals surface area contributed by atoms with Gasteiger partial charge in [-0.25, -0.2) is 9.67 Å². The summed E-state index contributed by atoms with van der Waals surface area (Å²) >= 11 is 9.62. The van der Waals surface area contributed by atoms with E-state index < -0.39 is 0 Å². The molecule has 2 rings (SSSR count). The Labute approximate surface area is 126 Å². The van der Waals surface area contributed by atoms with E-state index in [2.05, 4.69) is 45.2 Å². The predicted octanol–water partition coefficient (Wildman–Crippen LogP) is 3.24. The quantitative estimate of drug-likeness (QED) is 0.906. The Bertz CT molecular complexity index is 553. The number of benzene rings is 1. The van der Waals surface area contributed by atoms with Gasteiger partial charge in [-0.3, -0.25) is 0 Å². The van der Waals surface area contributed by atoms with Gasteiger partial charge in [-0.1, -0.05) is 47.4 Å². The highest BCUT2D eigenvalue weighted by Crippen LogP contribution is 2.22. The van der Waals surface area contributed by atoms with Crippen molar-refractivity contribution in [1.29, 1.82) is 0 Å². The Hall–Kier alpha value is -0.910. The van der Waals surface area contributed by atoms with Crippen LogP contribution in [0.25, 0.3) is 0 Å². The van der Waals surface area contributed by atoms with Gasteiger partial charge in [0, 0.05) is 15.5 Å². The first-order chi connectivity index (χ1) is 9.06. The first kappa shape index (κ1) is 14.5. The van der Waals surface area contributed by atoms with Gasteiger partial charge in [0.1, 0.15) is 12.2 Å². The molecule has 0 saturated heterocycles. The third-order valence-electron chi connectivity index (χ3n) is 2.70. The summed E-state index contributed by atoms with van der Waals surface area (Å²) in [6.07, 6.45) is 1.57. The maximum absolute atomic E-state index is 6.22. The molecule has 0 spiro atoms. The van der Waals surface area contributed by atoms with Gasteiger partial charge in [0.15, 0.2) is 0 Å². The van der Waals surface area contributed by atoms with Crippen molar-refractivity contribution >= 4 is 27.5 Å². The maximum atomic E-state index is 6.22. The SMILES string of the molecule is CC(C)NCc1ncnn1Cc1ccc(Br)cc1Cl. The molecule has 102 valence electrons. The molecule has 0 unspecified atom stereocenters. The van der Waals surface area contributed by atoms with Crippen molar-refractivity contribution in [2.75, 3.05) is 0 Å². The number of nitrogens with zero attached hydrogens (tertiary/aromatic N) is 3. The zero-order valence-corrected chi connectivity index (χ0v) is 13.2. The van der Waals surface area contributed by atoms with Gasteiger partial charge >= 0.3 is 0 Å². The second kappa shape index (κ2) is 6.50. The number of aromatic nitrogens is 3. The van der Waals surface area contributed by atoms with Crippen molar-refractivity contribution in [3.05, 3.63) is 45.4 Å². The molecule has 0 aliphatic rings. The summed E-state index contributed by atoms with van der Waals surface area (Å²) in [6, 6.07) is 6.28. The van der Waals surface area contributed by atoms with Crippen molar-refractivity contribution in [2.45, 2.75) is 33.0 Å². The van der Waals surface area contributed by atoms with Crippen molar-refractivity contribution in [3.63, 3.8) is 0 Å². The molecule has 6 heteroatoms. The van der Waals surface area contributed by atoms with Gasteiger partial charge in [-0.15, -0.1) is 0 Å². The van der Waals surface area contributed by atoms with Gasteiger partial charge in [0.25, 0.3) is 0 Å². The number of rotatable bonds is 5. The predicted molar refractivity (Wildman–Crippen MR) is 80.3 cm³/mol. The number of halogens is 2. The zero-order valence-electron chi connectivity index (χ0n) is 10.9. The fraction of sp³-hybridized carbons (Fsp3) is 0.385. The lowest BCUT2D eigenvalue weighted by Gasteiger charge is -2.10. The van der Waals surface area contributed by atoms with E-state index in [0.717, 1.165) is 20.9 Å². The monoisotopic (exact) mass is 342 g/mol. The van der Waals surface area contributed by atoms with Crippen LogP contribution in [0.2, 0.25) is 5.02 Å². The van der Waals surface area contributed by atoms with Crippen LogP contribution in [0.1, 0.15) is 25.2 Å². The first-order valence-corrected chi connectivity index (χ1v) is 7.27. The number of hydrogen-bond acceptors (Lipinski definition) is 3. The molecule has 1 heterocycles. The van der Waals surface area contributed by atoms with Crippen molar-refractivity contribution in [2.24, 2.45) is 0 Å². The molecule has 0 radical (unpaired) electrons. The largest absolute Gasteiger partial charge is 0.308 e. The summed E-state index contributed by atoms with van der Waals surface area (Å²) in [4.78, 5) is 4.27.